The van der Waals surface area contributed by atoms with Gasteiger partial charge in [-0.2, -0.15) is 16.7 Å². The third-order valence-corrected chi connectivity index (χ3v) is 5.48. The van der Waals surface area contributed by atoms with Gasteiger partial charge in [-0.1, -0.05) is 38.3 Å². The molecule has 1 fully saturated rings. The Morgan fingerprint density at radius 1 is 1.29 bits per heavy atom. The molecule has 0 aromatic carbocycles. The molecule has 1 aromatic heterocycles. The number of nitrogens with two attached hydrogens (primary N) is 1. The van der Waals surface area contributed by atoms with E-state index in [-0.39, 0.29) is 0 Å². The molecule has 4 nitrogen and oxygen atoms in total. The number of aromatic nitrogens is 2. The van der Waals surface area contributed by atoms with Gasteiger partial charge in [0, 0.05) is 11.7 Å². The third-order valence-electron chi connectivity index (χ3n) is 4.11. The molecule has 0 saturated heterocycles. The maximum Gasteiger partial charge on any atom is 0.226 e. The number of hydrogen-bond donors (Lipinski definition) is 1. The van der Waals surface area contributed by atoms with Crippen LogP contribution in [0.25, 0.3) is 0 Å². The Morgan fingerprint density at radius 3 is 2.71 bits per heavy atom. The minimum absolute atomic E-state index is 0.448. The smallest absolute Gasteiger partial charge is 0.226 e. The second-order valence-electron chi connectivity index (χ2n) is 6.61. The first-order valence-electron chi connectivity index (χ1n) is 8.30. The zero-order chi connectivity index (χ0) is 15.1. The summed E-state index contributed by atoms with van der Waals surface area (Å²) in [5.74, 6) is 3.59. The zero-order valence-corrected chi connectivity index (χ0v) is 14.2. The Balaban J connectivity index is 1.77. The van der Waals surface area contributed by atoms with Gasteiger partial charge in [-0.3, -0.25) is 0 Å². The van der Waals surface area contributed by atoms with E-state index in [1.807, 2.05) is 11.8 Å². The monoisotopic (exact) mass is 311 g/mol. The van der Waals surface area contributed by atoms with E-state index in [0.29, 0.717) is 18.4 Å². The van der Waals surface area contributed by atoms with E-state index >= 15 is 0 Å². The van der Waals surface area contributed by atoms with Crippen LogP contribution in [0.15, 0.2) is 4.52 Å². The van der Waals surface area contributed by atoms with Gasteiger partial charge in [-0.05, 0) is 37.6 Å². The average Bonchev–Trinajstić information content (AvgIpc) is 2.92. The van der Waals surface area contributed by atoms with Crippen molar-refractivity contribution < 1.29 is 4.52 Å². The molecule has 5 heteroatoms. The highest BCUT2D eigenvalue weighted by atomic mass is 32.2. The van der Waals surface area contributed by atoms with Crippen molar-refractivity contribution in [1.82, 2.24) is 10.1 Å². The largest absolute Gasteiger partial charge is 0.339 e. The van der Waals surface area contributed by atoms with E-state index in [9.17, 15) is 0 Å². The van der Waals surface area contributed by atoms with Crippen LogP contribution in [0, 0.1) is 11.8 Å². The number of rotatable bonds is 8. The summed E-state index contributed by atoms with van der Waals surface area (Å²) in [6, 6.07) is 0. The highest BCUT2D eigenvalue weighted by Crippen LogP contribution is 2.30. The molecule has 21 heavy (non-hydrogen) atoms. The molecule has 0 aliphatic heterocycles. The van der Waals surface area contributed by atoms with E-state index in [1.165, 1.54) is 32.1 Å². The molecule has 0 amide bonds. The molecule has 1 saturated carbocycles. The lowest BCUT2D eigenvalue weighted by Gasteiger charge is -2.20. The Labute approximate surface area is 132 Å². The Hall–Kier alpha value is -0.550. The summed E-state index contributed by atoms with van der Waals surface area (Å²) in [6.45, 7) is 5.14. The molecule has 1 aliphatic carbocycles. The normalized spacial score (nSPS) is 18.3. The molecule has 120 valence electrons. The fraction of sp³-hybridized carbons (Fsp3) is 0.875. The molecule has 2 rings (SSSR count). The molecule has 0 radical (unpaired) electrons. The zero-order valence-electron chi connectivity index (χ0n) is 13.4. The molecule has 0 bridgehead atoms. The minimum Gasteiger partial charge on any atom is -0.339 e. The van der Waals surface area contributed by atoms with Crippen molar-refractivity contribution in [2.45, 2.75) is 69.8 Å². The first kappa shape index (κ1) is 16.8. The summed E-state index contributed by atoms with van der Waals surface area (Å²) in [5.41, 5.74) is 5.84. The molecule has 1 aromatic rings. The number of thioether (sulfide) groups is 1. The van der Waals surface area contributed by atoms with Gasteiger partial charge in [0.15, 0.2) is 5.82 Å². The van der Waals surface area contributed by atoms with Gasteiger partial charge < -0.3 is 10.3 Å². The first-order valence-corrected chi connectivity index (χ1v) is 9.35. The highest BCUT2D eigenvalue weighted by Gasteiger charge is 2.17. The van der Waals surface area contributed by atoms with Crippen LogP contribution in [0.3, 0.4) is 0 Å². The van der Waals surface area contributed by atoms with Crippen LogP contribution in [0.5, 0.6) is 0 Å². The van der Waals surface area contributed by atoms with Crippen molar-refractivity contribution in [2.75, 3.05) is 6.54 Å². The minimum atomic E-state index is 0.448. The summed E-state index contributed by atoms with van der Waals surface area (Å²) >= 11 is 1.99. The summed E-state index contributed by atoms with van der Waals surface area (Å²) in [4.78, 5) is 4.54. The van der Waals surface area contributed by atoms with Crippen LogP contribution in [0.2, 0.25) is 0 Å². The average molecular weight is 311 g/mol. The van der Waals surface area contributed by atoms with Crippen molar-refractivity contribution in [3.8, 4) is 0 Å². The van der Waals surface area contributed by atoms with Crippen LogP contribution in [-0.4, -0.2) is 21.9 Å². The molecule has 1 atom stereocenters. The summed E-state index contributed by atoms with van der Waals surface area (Å²) < 4.78 is 5.39. The van der Waals surface area contributed by atoms with Gasteiger partial charge in [0.05, 0.1) is 5.75 Å². The SMILES string of the molecule is CC(C)C[C@H](CN)Cc1nc(CSC2CCCCC2)no1. The lowest BCUT2D eigenvalue weighted by atomic mass is 9.94. The van der Waals surface area contributed by atoms with Gasteiger partial charge >= 0.3 is 0 Å². The van der Waals surface area contributed by atoms with E-state index in [4.69, 9.17) is 10.3 Å². The topological polar surface area (TPSA) is 64.9 Å². The summed E-state index contributed by atoms with van der Waals surface area (Å²) in [6.07, 6.45) is 8.78. The predicted octanol–water partition coefficient (Wildman–Crippen LogP) is 3.80. The fourth-order valence-electron chi connectivity index (χ4n) is 3.03. The maximum absolute atomic E-state index is 5.84. The predicted molar refractivity (Wildman–Crippen MR) is 88.2 cm³/mol. The van der Waals surface area contributed by atoms with Crippen LogP contribution in [-0.2, 0) is 12.2 Å². The van der Waals surface area contributed by atoms with Crippen LogP contribution < -0.4 is 5.73 Å². The molecule has 2 N–H and O–H groups in total. The maximum atomic E-state index is 5.84. The van der Waals surface area contributed by atoms with Gasteiger partial charge in [-0.25, -0.2) is 0 Å². The summed E-state index contributed by atoms with van der Waals surface area (Å²) in [5, 5.41) is 4.91. The molecular weight excluding hydrogens is 282 g/mol. The van der Waals surface area contributed by atoms with E-state index in [2.05, 4.69) is 24.0 Å². The van der Waals surface area contributed by atoms with Crippen LogP contribution >= 0.6 is 11.8 Å². The van der Waals surface area contributed by atoms with Crippen molar-refractivity contribution in [1.29, 1.82) is 0 Å². The van der Waals surface area contributed by atoms with E-state index in [0.717, 1.165) is 35.6 Å². The van der Waals surface area contributed by atoms with Crippen molar-refractivity contribution >= 4 is 11.8 Å². The van der Waals surface area contributed by atoms with Crippen molar-refractivity contribution in [3.05, 3.63) is 11.7 Å². The van der Waals surface area contributed by atoms with E-state index in [1.54, 1.807) is 0 Å². The number of nitrogens with zero attached hydrogens (tertiary/aromatic N) is 2. The standard InChI is InChI=1S/C16H29N3OS/c1-12(2)8-13(10-17)9-16-18-15(19-20-16)11-21-14-6-4-3-5-7-14/h12-14H,3-11,17H2,1-2H3/t13-/m0/s1. The highest BCUT2D eigenvalue weighted by molar-refractivity contribution is 7.99. The lowest BCUT2D eigenvalue weighted by molar-refractivity contribution is 0.330. The van der Waals surface area contributed by atoms with Crippen LogP contribution in [0.4, 0.5) is 0 Å². The Morgan fingerprint density at radius 2 is 2.05 bits per heavy atom. The second kappa shape index (κ2) is 8.79. The van der Waals surface area contributed by atoms with Gasteiger partial charge in [-0.15, -0.1) is 0 Å². The lowest BCUT2D eigenvalue weighted by Crippen LogP contribution is -2.19. The van der Waals surface area contributed by atoms with Gasteiger partial charge in [0.1, 0.15) is 0 Å². The quantitative estimate of drug-likeness (QED) is 0.791. The molecule has 0 spiro atoms. The Kier molecular flexibility index (Phi) is 7.04. The number of hydrogen-bond acceptors (Lipinski definition) is 5. The van der Waals surface area contributed by atoms with Crippen molar-refractivity contribution in [3.63, 3.8) is 0 Å². The molecular formula is C16H29N3OS. The fourth-order valence-corrected chi connectivity index (χ4v) is 4.20. The third kappa shape index (κ3) is 5.99. The van der Waals surface area contributed by atoms with Crippen molar-refractivity contribution in [2.24, 2.45) is 17.6 Å². The summed E-state index contributed by atoms with van der Waals surface area (Å²) in [7, 11) is 0. The Bertz CT molecular complexity index is 402. The van der Waals surface area contributed by atoms with Gasteiger partial charge in [0.25, 0.3) is 0 Å². The van der Waals surface area contributed by atoms with Gasteiger partial charge in [0.2, 0.25) is 5.89 Å². The second-order valence-corrected chi connectivity index (χ2v) is 7.90. The molecule has 0 unspecified atom stereocenters. The van der Waals surface area contributed by atoms with Crippen LogP contribution in [0.1, 0.15) is 64.1 Å². The van der Waals surface area contributed by atoms with E-state index < -0.39 is 0 Å². The first-order chi connectivity index (χ1) is 10.2. The molecule has 1 aliphatic rings. The molecule has 1 heterocycles.